The van der Waals surface area contributed by atoms with Crippen molar-refractivity contribution in [1.82, 2.24) is 4.31 Å². The van der Waals surface area contributed by atoms with Gasteiger partial charge in [0.2, 0.25) is 10.0 Å². The smallest absolute Gasteiger partial charge is 0.246 e. The molecule has 0 saturated carbocycles. The van der Waals surface area contributed by atoms with Crippen LogP contribution in [0.2, 0.25) is 0 Å². The summed E-state index contributed by atoms with van der Waals surface area (Å²) in [5, 5.41) is 0. The molecule has 106 valence electrons. The molecule has 0 bridgehead atoms. The Morgan fingerprint density at radius 3 is 2.74 bits per heavy atom. The molecule has 0 spiro atoms. The first-order valence-electron chi connectivity index (χ1n) is 5.94. The molecule has 1 heterocycles. The van der Waals surface area contributed by atoms with Crippen LogP contribution in [0.25, 0.3) is 0 Å². The fourth-order valence-corrected chi connectivity index (χ4v) is 4.14. The van der Waals surface area contributed by atoms with Crippen LogP contribution in [0.1, 0.15) is 13.3 Å². The molecule has 2 N–H and O–H groups in total. The second-order valence-electron chi connectivity index (χ2n) is 5.18. The van der Waals surface area contributed by atoms with Gasteiger partial charge in [-0.15, -0.1) is 0 Å². The zero-order chi connectivity index (χ0) is 14.3. The molecule has 1 aliphatic heterocycles. The van der Waals surface area contributed by atoms with Crippen LogP contribution in [0.4, 0.5) is 4.39 Å². The maximum absolute atomic E-state index is 13.8. The highest BCUT2D eigenvalue weighted by atomic mass is 79.9. The van der Waals surface area contributed by atoms with Crippen molar-refractivity contribution in [2.45, 2.75) is 18.2 Å². The maximum atomic E-state index is 13.8. The van der Waals surface area contributed by atoms with E-state index in [1.807, 2.05) is 6.92 Å². The summed E-state index contributed by atoms with van der Waals surface area (Å²) in [6.07, 6.45) is 0.695. The normalized spacial score (nSPS) is 24.8. The third kappa shape index (κ3) is 2.84. The quantitative estimate of drug-likeness (QED) is 0.905. The molecule has 0 radical (unpaired) electrons. The van der Waals surface area contributed by atoms with Crippen molar-refractivity contribution >= 4 is 26.0 Å². The predicted molar refractivity (Wildman–Crippen MR) is 74.6 cm³/mol. The minimum atomic E-state index is -3.79. The Morgan fingerprint density at radius 1 is 1.53 bits per heavy atom. The lowest BCUT2D eigenvalue weighted by molar-refractivity contribution is 0.349. The van der Waals surface area contributed by atoms with Gasteiger partial charge in [-0.2, -0.15) is 4.31 Å². The van der Waals surface area contributed by atoms with Crippen LogP contribution in [0.5, 0.6) is 0 Å². The largest absolute Gasteiger partial charge is 0.330 e. The van der Waals surface area contributed by atoms with Crippen molar-refractivity contribution in [3.63, 3.8) is 0 Å². The summed E-state index contributed by atoms with van der Waals surface area (Å²) in [6, 6.07) is 3.96. The molecule has 1 aromatic rings. The van der Waals surface area contributed by atoms with Crippen LogP contribution in [-0.2, 0) is 10.0 Å². The van der Waals surface area contributed by atoms with Crippen LogP contribution >= 0.6 is 15.9 Å². The Labute approximate surface area is 121 Å². The highest BCUT2D eigenvalue weighted by Crippen LogP contribution is 2.33. The predicted octanol–water partition coefficient (Wildman–Crippen LogP) is 1.95. The molecule has 1 atom stereocenters. The number of halogens is 2. The summed E-state index contributed by atoms with van der Waals surface area (Å²) in [5.74, 6) is -0.740. The second kappa shape index (κ2) is 5.12. The summed E-state index contributed by atoms with van der Waals surface area (Å²) in [7, 11) is -3.79. The molecule has 4 nitrogen and oxygen atoms in total. The van der Waals surface area contributed by atoms with E-state index in [2.05, 4.69) is 15.9 Å². The molecular weight excluding hydrogens is 335 g/mol. The van der Waals surface area contributed by atoms with E-state index in [4.69, 9.17) is 5.73 Å². The summed E-state index contributed by atoms with van der Waals surface area (Å²) >= 11 is 3.11. The fourth-order valence-electron chi connectivity index (χ4n) is 2.17. The SMILES string of the molecule is CC1(CN)CCN(S(=O)(=O)c2ccc(Br)cc2F)C1. The average Bonchev–Trinajstić information content (AvgIpc) is 2.73. The lowest BCUT2D eigenvalue weighted by Crippen LogP contribution is -2.34. The molecule has 19 heavy (non-hydrogen) atoms. The van der Waals surface area contributed by atoms with Crippen molar-refractivity contribution in [2.24, 2.45) is 11.1 Å². The van der Waals surface area contributed by atoms with Crippen molar-refractivity contribution in [3.05, 3.63) is 28.5 Å². The van der Waals surface area contributed by atoms with Crippen LogP contribution in [0, 0.1) is 11.2 Å². The zero-order valence-electron chi connectivity index (χ0n) is 10.6. The molecule has 1 aliphatic rings. The van der Waals surface area contributed by atoms with Crippen LogP contribution < -0.4 is 5.73 Å². The van der Waals surface area contributed by atoms with Gasteiger partial charge in [-0.1, -0.05) is 22.9 Å². The Bertz CT molecular complexity index is 593. The molecule has 2 rings (SSSR count). The van der Waals surface area contributed by atoms with Gasteiger partial charge in [-0.05, 0) is 36.6 Å². The van der Waals surface area contributed by atoms with E-state index in [1.54, 1.807) is 0 Å². The van der Waals surface area contributed by atoms with Gasteiger partial charge in [0, 0.05) is 17.6 Å². The standard InChI is InChI=1S/C12H16BrFN2O2S/c1-12(7-15)4-5-16(8-12)19(17,18)11-3-2-9(13)6-10(11)14/h2-3,6H,4-5,7-8,15H2,1H3. The van der Waals surface area contributed by atoms with Crippen molar-refractivity contribution in [2.75, 3.05) is 19.6 Å². The zero-order valence-corrected chi connectivity index (χ0v) is 13.0. The van der Waals surface area contributed by atoms with E-state index in [0.717, 1.165) is 6.07 Å². The lowest BCUT2D eigenvalue weighted by atomic mass is 9.90. The molecule has 7 heteroatoms. The van der Waals surface area contributed by atoms with Gasteiger partial charge in [-0.25, -0.2) is 12.8 Å². The molecule has 0 amide bonds. The third-order valence-corrected chi connectivity index (χ3v) is 5.90. The number of nitrogens with two attached hydrogens (primary N) is 1. The third-order valence-electron chi connectivity index (χ3n) is 3.53. The molecule has 1 saturated heterocycles. The molecule has 0 aromatic heterocycles. The molecular formula is C12H16BrFN2O2S. The average molecular weight is 351 g/mol. The number of sulfonamides is 1. The number of nitrogens with zero attached hydrogens (tertiary/aromatic N) is 1. The first-order valence-corrected chi connectivity index (χ1v) is 8.17. The van der Waals surface area contributed by atoms with E-state index in [1.165, 1.54) is 16.4 Å². The number of rotatable bonds is 3. The number of hydrogen-bond acceptors (Lipinski definition) is 3. The minimum absolute atomic E-state index is 0.223. The monoisotopic (exact) mass is 350 g/mol. The van der Waals surface area contributed by atoms with Crippen LogP contribution in [0.15, 0.2) is 27.6 Å². The second-order valence-corrected chi connectivity index (χ2v) is 8.00. The number of hydrogen-bond donors (Lipinski definition) is 1. The minimum Gasteiger partial charge on any atom is -0.330 e. The van der Waals surface area contributed by atoms with E-state index in [-0.39, 0.29) is 10.3 Å². The summed E-state index contributed by atoms with van der Waals surface area (Å²) < 4.78 is 40.4. The highest BCUT2D eigenvalue weighted by Gasteiger charge is 2.39. The van der Waals surface area contributed by atoms with Crippen molar-refractivity contribution in [1.29, 1.82) is 0 Å². The molecule has 1 aromatic carbocycles. The summed E-state index contributed by atoms with van der Waals surface area (Å²) in [4.78, 5) is -0.281. The van der Waals surface area contributed by atoms with E-state index >= 15 is 0 Å². The van der Waals surface area contributed by atoms with E-state index in [9.17, 15) is 12.8 Å². The lowest BCUT2D eigenvalue weighted by Gasteiger charge is -2.22. The maximum Gasteiger partial charge on any atom is 0.246 e. The highest BCUT2D eigenvalue weighted by molar-refractivity contribution is 9.10. The number of benzene rings is 1. The Balaban J connectivity index is 2.34. The van der Waals surface area contributed by atoms with Crippen molar-refractivity contribution in [3.8, 4) is 0 Å². The van der Waals surface area contributed by atoms with Gasteiger partial charge in [0.25, 0.3) is 0 Å². The van der Waals surface area contributed by atoms with Gasteiger partial charge >= 0.3 is 0 Å². The molecule has 1 unspecified atom stereocenters. The van der Waals surface area contributed by atoms with Crippen molar-refractivity contribution < 1.29 is 12.8 Å². The fraction of sp³-hybridized carbons (Fsp3) is 0.500. The van der Waals surface area contributed by atoms with Gasteiger partial charge in [0.05, 0.1) is 0 Å². The molecule has 1 fully saturated rings. The first-order chi connectivity index (χ1) is 8.78. The molecule has 0 aliphatic carbocycles. The van der Waals surface area contributed by atoms with Crippen LogP contribution in [0.3, 0.4) is 0 Å². The van der Waals surface area contributed by atoms with Crippen LogP contribution in [-0.4, -0.2) is 32.4 Å². The van der Waals surface area contributed by atoms with Gasteiger partial charge in [0.15, 0.2) is 0 Å². The van der Waals surface area contributed by atoms with E-state index < -0.39 is 15.8 Å². The first kappa shape index (κ1) is 14.9. The van der Waals surface area contributed by atoms with Gasteiger partial charge in [-0.3, -0.25) is 0 Å². The Morgan fingerprint density at radius 2 is 2.21 bits per heavy atom. The summed E-state index contributed by atoms with van der Waals surface area (Å²) in [6.45, 7) is 3.08. The van der Waals surface area contributed by atoms with Gasteiger partial charge in [0.1, 0.15) is 10.7 Å². The van der Waals surface area contributed by atoms with Gasteiger partial charge < -0.3 is 5.73 Å². The topological polar surface area (TPSA) is 63.4 Å². The van der Waals surface area contributed by atoms with E-state index in [0.29, 0.717) is 30.5 Å². The Hall–Kier alpha value is -0.500. The Kier molecular flexibility index (Phi) is 4.02. The summed E-state index contributed by atoms with van der Waals surface area (Å²) in [5.41, 5.74) is 5.44.